The van der Waals surface area contributed by atoms with Gasteiger partial charge in [0.05, 0.1) is 17.4 Å². The van der Waals surface area contributed by atoms with Crippen LogP contribution in [-0.2, 0) is 12.4 Å². The molecule has 60 valence electrons. The highest BCUT2D eigenvalue weighted by molar-refractivity contribution is 7.47. The molecule has 0 unspecified atom stereocenters. The lowest BCUT2D eigenvalue weighted by molar-refractivity contribution is 1.56. The molecule has 0 bridgehead atoms. The molecule has 1 aromatic heterocycles. The highest BCUT2D eigenvalue weighted by atomic mass is 32.1. The van der Waals surface area contributed by atoms with E-state index in [-0.39, 0.29) is 0 Å². The molecule has 6 heteroatoms. The van der Waals surface area contributed by atoms with Gasteiger partial charge in [-0.2, -0.15) is 13.1 Å². The van der Waals surface area contributed by atoms with Gasteiger partial charge in [-0.3, -0.25) is 0 Å². The Morgan fingerprint density at radius 1 is 1.33 bits per heavy atom. The molecule has 2 N–H and O–H groups in total. The van der Waals surface area contributed by atoms with E-state index in [1.165, 1.54) is 0 Å². The fourth-order valence-corrected chi connectivity index (χ4v) is 1.58. The molecule has 0 saturated heterocycles. The molecule has 0 radical (unpaired) electrons. The summed E-state index contributed by atoms with van der Waals surface area (Å²) in [6, 6.07) is 3.46. The Hall–Kier alpha value is -1.14. The Bertz CT molecular complexity index is 436. The first-order valence-corrected chi connectivity index (χ1v) is 4.26. The van der Waals surface area contributed by atoms with E-state index in [9.17, 15) is 0 Å². The van der Waals surface area contributed by atoms with Crippen molar-refractivity contribution >= 4 is 46.6 Å². The molecule has 0 aliphatic heterocycles. The Kier molecular flexibility index (Phi) is 1.70. The fourth-order valence-electron chi connectivity index (χ4n) is 0.916. The Morgan fingerprint density at radius 2 is 2.00 bits per heavy atom. The minimum absolute atomic E-state index is 0.546. The van der Waals surface area contributed by atoms with E-state index in [1.807, 2.05) is 0 Å². The zero-order valence-electron chi connectivity index (χ0n) is 5.89. The Morgan fingerprint density at radius 3 is 2.67 bits per heavy atom. The number of nitrogens with zero attached hydrogens (tertiary/aromatic N) is 3. The lowest BCUT2D eigenvalue weighted by Gasteiger charge is -1.95. The van der Waals surface area contributed by atoms with Gasteiger partial charge >= 0.3 is 0 Å². The van der Waals surface area contributed by atoms with Gasteiger partial charge in [0.15, 0.2) is 0 Å². The topological polar surface area (TPSA) is 64.2 Å². The van der Waals surface area contributed by atoms with Gasteiger partial charge in [-0.15, -0.1) is 0 Å². The number of nitrogens with two attached hydrogens (primary N) is 1. The summed E-state index contributed by atoms with van der Waals surface area (Å²) in [5, 5.41) is 0. The zero-order chi connectivity index (χ0) is 8.55. The van der Waals surface area contributed by atoms with Crippen LogP contribution in [0.1, 0.15) is 0 Å². The summed E-state index contributed by atoms with van der Waals surface area (Å²) in [5.41, 5.74) is 8.35. The SMILES string of the molecule is Nc1cc2nsnc2cc1N=S. The van der Waals surface area contributed by atoms with E-state index < -0.39 is 0 Å². The molecule has 0 spiro atoms. The smallest absolute Gasteiger partial charge is 0.107 e. The third-order valence-corrected chi connectivity index (χ3v) is 2.25. The summed E-state index contributed by atoms with van der Waals surface area (Å²) in [6.45, 7) is 0. The van der Waals surface area contributed by atoms with E-state index in [0.717, 1.165) is 22.8 Å². The van der Waals surface area contributed by atoms with E-state index in [1.54, 1.807) is 12.1 Å². The van der Waals surface area contributed by atoms with Crippen LogP contribution in [0.3, 0.4) is 0 Å². The summed E-state index contributed by atoms with van der Waals surface area (Å²) in [6.07, 6.45) is 0. The third-order valence-electron chi connectivity index (χ3n) is 1.50. The first-order chi connectivity index (χ1) is 5.81. The number of aromatic nitrogens is 2. The second-order valence-corrected chi connectivity index (χ2v) is 2.97. The predicted molar refractivity (Wildman–Crippen MR) is 51.3 cm³/mol. The van der Waals surface area contributed by atoms with Crippen molar-refractivity contribution < 1.29 is 0 Å². The van der Waals surface area contributed by atoms with E-state index >= 15 is 0 Å². The van der Waals surface area contributed by atoms with Crippen molar-refractivity contribution in [1.29, 1.82) is 0 Å². The Balaban J connectivity index is 2.81. The maximum absolute atomic E-state index is 5.63. The summed E-state index contributed by atoms with van der Waals surface area (Å²) in [7, 11) is 0. The zero-order valence-corrected chi connectivity index (χ0v) is 7.52. The fraction of sp³-hybridized carbons (Fsp3) is 0. The van der Waals surface area contributed by atoms with Crippen molar-refractivity contribution in [2.45, 2.75) is 0 Å². The van der Waals surface area contributed by atoms with Crippen LogP contribution < -0.4 is 5.73 Å². The minimum atomic E-state index is 0.546. The molecule has 12 heavy (non-hydrogen) atoms. The maximum Gasteiger partial charge on any atom is 0.107 e. The van der Waals surface area contributed by atoms with E-state index in [2.05, 4.69) is 25.5 Å². The van der Waals surface area contributed by atoms with E-state index in [4.69, 9.17) is 5.73 Å². The molecule has 0 aliphatic rings. The summed E-state index contributed by atoms with van der Waals surface area (Å²) in [4.78, 5) is 0. The number of anilines is 1. The second-order valence-electron chi connectivity index (χ2n) is 2.26. The quantitative estimate of drug-likeness (QED) is 0.704. The lowest BCUT2D eigenvalue weighted by Crippen LogP contribution is -1.84. The molecule has 1 heterocycles. The van der Waals surface area contributed by atoms with Crippen LogP contribution >= 0.6 is 11.7 Å². The van der Waals surface area contributed by atoms with Crippen LogP contribution in [0.5, 0.6) is 0 Å². The number of fused-ring (bicyclic) bond motifs is 1. The van der Waals surface area contributed by atoms with Crippen molar-refractivity contribution in [3.63, 3.8) is 0 Å². The normalized spacial score (nSPS) is 10.3. The largest absolute Gasteiger partial charge is 0.397 e. The van der Waals surface area contributed by atoms with Gasteiger partial charge < -0.3 is 5.73 Å². The molecule has 0 amide bonds. The average molecular weight is 196 g/mol. The first-order valence-electron chi connectivity index (χ1n) is 3.16. The van der Waals surface area contributed by atoms with Crippen molar-refractivity contribution in [3.8, 4) is 0 Å². The number of nitrogen functional groups attached to an aromatic ring is 1. The molecule has 4 nitrogen and oxygen atoms in total. The highest BCUT2D eigenvalue weighted by Crippen LogP contribution is 2.26. The van der Waals surface area contributed by atoms with Crippen LogP contribution in [0.25, 0.3) is 11.0 Å². The molecule has 0 fully saturated rings. The maximum atomic E-state index is 5.63. The molecule has 2 rings (SSSR count). The van der Waals surface area contributed by atoms with E-state index in [0.29, 0.717) is 11.4 Å². The number of hydrogen-bond donors (Lipinski definition) is 1. The molecule has 1 aromatic carbocycles. The van der Waals surface area contributed by atoms with Gasteiger partial charge in [-0.25, -0.2) is 0 Å². The Labute approximate surface area is 77.9 Å². The van der Waals surface area contributed by atoms with Gasteiger partial charge in [0.25, 0.3) is 0 Å². The van der Waals surface area contributed by atoms with Gasteiger partial charge in [0.2, 0.25) is 0 Å². The number of rotatable bonds is 1. The molecule has 0 saturated carbocycles. The first kappa shape index (κ1) is 7.51. The predicted octanol–water partition coefficient (Wildman–Crippen LogP) is 1.64. The molecule has 2 aromatic rings. The van der Waals surface area contributed by atoms with Crippen LogP contribution in [-0.4, -0.2) is 8.75 Å². The monoisotopic (exact) mass is 196 g/mol. The van der Waals surface area contributed by atoms with Crippen LogP contribution in [0, 0.1) is 0 Å². The lowest BCUT2D eigenvalue weighted by atomic mass is 10.2. The van der Waals surface area contributed by atoms with Gasteiger partial charge in [-0.1, -0.05) is 0 Å². The van der Waals surface area contributed by atoms with Gasteiger partial charge in [0.1, 0.15) is 16.7 Å². The van der Waals surface area contributed by atoms with Gasteiger partial charge in [-0.05, 0) is 12.1 Å². The van der Waals surface area contributed by atoms with Crippen molar-refractivity contribution in [2.75, 3.05) is 5.73 Å². The van der Waals surface area contributed by atoms with Crippen LogP contribution in [0.15, 0.2) is 16.5 Å². The molecule has 0 aliphatic carbocycles. The number of hydrogen-bond acceptors (Lipinski definition) is 6. The molecular weight excluding hydrogens is 192 g/mol. The van der Waals surface area contributed by atoms with Crippen LogP contribution in [0.4, 0.5) is 11.4 Å². The summed E-state index contributed by atoms with van der Waals surface area (Å²) in [5.74, 6) is 0. The van der Waals surface area contributed by atoms with Crippen molar-refractivity contribution in [1.82, 2.24) is 8.75 Å². The average Bonchev–Trinajstić information content (AvgIpc) is 2.49. The third kappa shape index (κ3) is 1.05. The molecule has 0 atom stereocenters. The second kappa shape index (κ2) is 2.72. The van der Waals surface area contributed by atoms with Gasteiger partial charge in [0, 0.05) is 12.4 Å². The standard InChI is InChI=1S/C6H4N4S2/c7-3-1-5-6(10-12-9-5)2-4(3)8-11/h1-2H,7H2. The van der Waals surface area contributed by atoms with Crippen molar-refractivity contribution in [3.05, 3.63) is 12.1 Å². The summed E-state index contributed by atoms with van der Waals surface area (Å²) >= 11 is 5.69. The summed E-state index contributed by atoms with van der Waals surface area (Å²) < 4.78 is 11.7. The highest BCUT2D eigenvalue weighted by Gasteiger charge is 2.03. The minimum Gasteiger partial charge on any atom is -0.397 e. The van der Waals surface area contributed by atoms with Crippen molar-refractivity contribution in [2.24, 2.45) is 4.36 Å². The number of benzene rings is 1. The molecular formula is C6H4N4S2. The van der Waals surface area contributed by atoms with Crippen LogP contribution in [0.2, 0.25) is 0 Å².